The second-order valence-electron chi connectivity index (χ2n) is 4.27. The lowest BCUT2D eigenvalue weighted by Crippen LogP contribution is -2.77. The lowest BCUT2D eigenvalue weighted by atomic mass is 9.77. The van der Waals surface area contributed by atoms with E-state index in [1.165, 1.54) is 0 Å². The Morgan fingerprint density at radius 2 is 2.12 bits per heavy atom. The van der Waals surface area contributed by atoms with Crippen LogP contribution in [-0.2, 0) is 9.53 Å². The zero-order chi connectivity index (χ0) is 13.4. The molecule has 0 radical (unpaired) electrons. The van der Waals surface area contributed by atoms with Gasteiger partial charge in [-0.25, -0.2) is 0 Å². The maximum absolute atomic E-state index is 11.6. The molecule has 98 valence electrons. The topological polar surface area (TPSA) is 133 Å². The van der Waals surface area contributed by atoms with Crippen molar-refractivity contribution < 1.29 is 30.0 Å². The van der Waals surface area contributed by atoms with Gasteiger partial charge in [-0.2, -0.15) is 0 Å². The van der Waals surface area contributed by atoms with Crippen molar-refractivity contribution in [1.82, 2.24) is 0 Å². The van der Waals surface area contributed by atoms with Crippen LogP contribution in [0.2, 0.25) is 0 Å². The minimum absolute atomic E-state index is 0.680. The number of rotatable bonds is 3. The molecule has 1 fully saturated rings. The van der Waals surface area contributed by atoms with Crippen molar-refractivity contribution in [3.63, 3.8) is 0 Å². The summed E-state index contributed by atoms with van der Waals surface area (Å²) >= 11 is 0. The summed E-state index contributed by atoms with van der Waals surface area (Å²) in [5.74, 6) is -3.49. The molecule has 0 spiro atoms. The summed E-state index contributed by atoms with van der Waals surface area (Å²) < 4.78 is 4.92. The zero-order valence-electron chi connectivity index (χ0n) is 9.41. The summed E-state index contributed by atoms with van der Waals surface area (Å²) in [6.45, 7) is 3.67. The normalized spacial score (nSPS) is 46.6. The van der Waals surface area contributed by atoms with E-state index >= 15 is 0 Å². The van der Waals surface area contributed by atoms with E-state index in [0.717, 1.165) is 13.0 Å². The van der Waals surface area contributed by atoms with E-state index in [0.29, 0.717) is 0 Å². The quantitative estimate of drug-likeness (QED) is 0.342. The van der Waals surface area contributed by atoms with Gasteiger partial charge in [0.2, 0.25) is 5.78 Å². The van der Waals surface area contributed by atoms with Crippen LogP contribution < -0.4 is 5.73 Å². The predicted molar refractivity (Wildman–Crippen MR) is 56.7 cm³/mol. The average molecular weight is 247 g/mol. The first-order chi connectivity index (χ1) is 7.72. The first-order valence-corrected chi connectivity index (χ1v) is 5.05. The van der Waals surface area contributed by atoms with Crippen molar-refractivity contribution in [2.45, 2.75) is 36.6 Å². The van der Waals surface area contributed by atoms with E-state index in [1.54, 1.807) is 0 Å². The minimum Gasteiger partial charge on any atom is -0.394 e. The molecule has 1 aliphatic heterocycles. The fourth-order valence-corrected chi connectivity index (χ4v) is 1.78. The Bertz CT molecular complexity index is 331. The Labute approximate surface area is 98.1 Å². The highest BCUT2D eigenvalue weighted by molar-refractivity contribution is 5.96. The van der Waals surface area contributed by atoms with Crippen LogP contribution in [-0.4, -0.2) is 62.5 Å². The highest BCUT2D eigenvalue weighted by Crippen LogP contribution is 2.35. The lowest BCUT2D eigenvalue weighted by molar-refractivity contribution is -0.318. The predicted octanol–water partition coefficient (Wildman–Crippen LogP) is -2.74. The van der Waals surface area contributed by atoms with E-state index in [1.807, 2.05) is 0 Å². The number of nitrogens with two attached hydrogens (primary N) is 1. The highest BCUT2D eigenvalue weighted by atomic mass is 16.7. The molecule has 1 saturated heterocycles. The maximum Gasteiger partial charge on any atom is 0.252 e. The van der Waals surface area contributed by atoms with Crippen LogP contribution in [0.25, 0.3) is 0 Å². The van der Waals surface area contributed by atoms with Crippen molar-refractivity contribution in [3.8, 4) is 0 Å². The van der Waals surface area contributed by atoms with Crippen molar-refractivity contribution in [2.24, 2.45) is 5.73 Å². The molecule has 0 aliphatic carbocycles. The minimum atomic E-state index is -2.54. The molecule has 1 unspecified atom stereocenters. The van der Waals surface area contributed by atoms with Crippen molar-refractivity contribution in [1.29, 1.82) is 0 Å². The molecule has 0 aromatic heterocycles. The summed E-state index contributed by atoms with van der Waals surface area (Å²) in [4.78, 5) is 11.6. The third-order valence-corrected chi connectivity index (χ3v) is 3.07. The molecule has 6 N–H and O–H groups in total. The van der Waals surface area contributed by atoms with Gasteiger partial charge in [-0.15, -0.1) is 0 Å². The van der Waals surface area contributed by atoms with Gasteiger partial charge in [-0.3, -0.25) is 4.79 Å². The maximum atomic E-state index is 11.6. The summed E-state index contributed by atoms with van der Waals surface area (Å²) in [6.07, 6.45) is -3.66. The third kappa shape index (κ3) is 1.90. The third-order valence-electron chi connectivity index (χ3n) is 3.07. The fourth-order valence-electron chi connectivity index (χ4n) is 1.78. The van der Waals surface area contributed by atoms with Crippen LogP contribution in [0.3, 0.4) is 0 Å². The van der Waals surface area contributed by atoms with E-state index < -0.39 is 42.0 Å². The molecule has 5 atom stereocenters. The van der Waals surface area contributed by atoms with Crippen LogP contribution in [0, 0.1) is 0 Å². The summed E-state index contributed by atoms with van der Waals surface area (Å²) in [5.41, 5.74) is 3.72. The molecule has 0 aromatic carbocycles. The van der Waals surface area contributed by atoms with Gasteiger partial charge in [-0.05, 0) is 13.0 Å². The Kier molecular flexibility index (Phi) is 3.72. The van der Waals surface area contributed by atoms with E-state index in [4.69, 9.17) is 15.6 Å². The zero-order valence-corrected chi connectivity index (χ0v) is 9.41. The van der Waals surface area contributed by atoms with Crippen LogP contribution in [0.5, 0.6) is 0 Å². The van der Waals surface area contributed by atoms with E-state index in [9.17, 15) is 20.1 Å². The molecule has 7 nitrogen and oxygen atoms in total. The average Bonchev–Trinajstić information content (AvgIpc) is 2.30. The van der Waals surface area contributed by atoms with Gasteiger partial charge in [0.05, 0.1) is 6.61 Å². The second-order valence-corrected chi connectivity index (χ2v) is 4.27. The lowest BCUT2D eigenvalue weighted by Gasteiger charge is -2.51. The molecule has 0 saturated carbocycles. The smallest absolute Gasteiger partial charge is 0.252 e. The standard InChI is InChI=1S/C10H17NO6/c1-3-6(13)10(16)9(2,11)8(15)7(14)5(4-12)17-10/h3,5,7-8,12,14-16H,1,4,11H2,2H3/t5-,7-,8+,9-,10?/m1/s1. The van der Waals surface area contributed by atoms with Crippen molar-refractivity contribution in [3.05, 3.63) is 12.7 Å². The van der Waals surface area contributed by atoms with Gasteiger partial charge in [0.25, 0.3) is 5.79 Å². The number of aliphatic hydroxyl groups excluding tert-OH is 3. The van der Waals surface area contributed by atoms with Crippen LogP contribution >= 0.6 is 0 Å². The molecule has 17 heavy (non-hydrogen) atoms. The van der Waals surface area contributed by atoms with Gasteiger partial charge < -0.3 is 30.9 Å². The number of ether oxygens (including phenoxy) is 1. The molecule has 1 rings (SSSR count). The van der Waals surface area contributed by atoms with Gasteiger partial charge >= 0.3 is 0 Å². The van der Waals surface area contributed by atoms with E-state index in [2.05, 4.69) is 6.58 Å². The van der Waals surface area contributed by atoms with Gasteiger partial charge in [0.15, 0.2) is 0 Å². The Morgan fingerprint density at radius 3 is 2.53 bits per heavy atom. The number of ketones is 1. The molecule has 0 aromatic rings. The second kappa shape index (κ2) is 4.45. The molecular weight excluding hydrogens is 230 g/mol. The largest absolute Gasteiger partial charge is 0.394 e. The number of hydrogen-bond donors (Lipinski definition) is 5. The Morgan fingerprint density at radius 1 is 1.59 bits per heavy atom. The first-order valence-electron chi connectivity index (χ1n) is 5.05. The summed E-state index contributed by atoms with van der Waals surface area (Å²) in [5, 5.41) is 38.4. The highest BCUT2D eigenvalue weighted by Gasteiger charge is 2.62. The number of aliphatic hydroxyl groups is 4. The van der Waals surface area contributed by atoms with Gasteiger partial charge in [0.1, 0.15) is 23.9 Å². The van der Waals surface area contributed by atoms with Crippen molar-refractivity contribution >= 4 is 5.78 Å². The Hall–Kier alpha value is -0.830. The fraction of sp³-hybridized carbons (Fsp3) is 0.700. The molecule has 1 heterocycles. The molecule has 7 heteroatoms. The number of carbonyl (C=O) groups excluding carboxylic acids is 1. The monoisotopic (exact) mass is 247 g/mol. The van der Waals surface area contributed by atoms with Crippen LogP contribution in [0.1, 0.15) is 6.92 Å². The molecule has 0 amide bonds. The number of hydrogen-bond acceptors (Lipinski definition) is 7. The first kappa shape index (κ1) is 14.2. The van der Waals surface area contributed by atoms with Gasteiger partial charge in [-0.1, -0.05) is 6.58 Å². The van der Waals surface area contributed by atoms with Crippen LogP contribution in [0.4, 0.5) is 0 Å². The van der Waals surface area contributed by atoms with Crippen molar-refractivity contribution in [2.75, 3.05) is 6.61 Å². The molecule has 1 aliphatic rings. The van der Waals surface area contributed by atoms with Crippen LogP contribution in [0.15, 0.2) is 12.7 Å². The summed E-state index contributed by atoms with van der Waals surface area (Å²) in [6, 6.07) is 0. The molecular formula is C10H17NO6. The number of carbonyl (C=O) groups is 1. The molecule has 0 bridgehead atoms. The van der Waals surface area contributed by atoms with E-state index in [-0.39, 0.29) is 0 Å². The summed E-state index contributed by atoms with van der Waals surface area (Å²) in [7, 11) is 0. The van der Waals surface area contributed by atoms with Gasteiger partial charge in [0, 0.05) is 0 Å². The SMILES string of the molecule is C=CC(=O)C1(O)O[C@H](CO)[C@@H](O)[C@H](O)[C@@]1(C)N. The Balaban J connectivity index is 3.20.